The van der Waals surface area contributed by atoms with Crippen molar-refractivity contribution in [2.45, 2.75) is 41.8 Å². The molecule has 2 heterocycles. The fraction of sp³-hybridized carbons (Fsp3) is 0.185. The van der Waals surface area contributed by atoms with Crippen LogP contribution in [0.1, 0.15) is 40.5 Å². The van der Waals surface area contributed by atoms with E-state index in [0.29, 0.717) is 34.8 Å². The van der Waals surface area contributed by atoms with Crippen LogP contribution in [0.15, 0.2) is 88.8 Å². The average Bonchev–Trinajstić information content (AvgIpc) is 3.54. The van der Waals surface area contributed by atoms with Crippen molar-refractivity contribution in [3.63, 3.8) is 0 Å². The summed E-state index contributed by atoms with van der Waals surface area (Å²) < 4.78 is 27.4. The van der Waals surface area contributed by atoms with E-state index in [1.54, 1.807) is 73.7 Å². The van der Waals surface area contributed by atoms with E-state index >= 15 is 0 Å². The molecule has 0 spiro atoms. The predicted octanol–water partition coefficient (Wildman–Crippen LogP) is 4.49. The van der Waals surface area contributed by atoms with Crippen LogP contribution in [0.25, 0.3) is 5.69 Å². The van der Waals surface area contributed by atoms with Crippen LogP contribution in [0, 0.1) is 6.92 Å². The number of amides is 1. The van der Waals surface area contributed by atoms with Crippen molar-refractivity contribution in [2.24, 2.45) is 0 Å². The number of aromatic nitrogens is 3. The second-order valence-corrected chi connectivity index (χ2v) is 11.2. The molecular formula is C27H23ClN4O5S. The van der Waals surface area contributed by atoms with Gasteiger partial charge in [-0.15, -0.1) is 5.10 Å². The quantitative estimate of drug-likeness (QED) is 0.375. The third kappa shape index (κ3) is 4.46. The van der Waals surface area contributed by atoms with Gasteiger partial charge in [-0.1, -0.05) is 53.2 Å². The number of benzene rings is 3. The summed E-state index contributed by atoms with van der Waals surface area (Å²) in [4.78, 5) is 27.0. The maximum absolute atomic E-state index is 13.6. The molecule has 1 amide bonds. The minimum absolute atomic E-state index is 0.114. The molecule has 0 radical (unpaired) electrons. The summed E-state index contributed by atoms with van der Waals surface area (Å²) in [5.41, 5.74) is 1.80. The Kier molecular flexibility index (Phi) is 6.77. The van der Waals surface area contributed by atoms with E-state index in [2.05, 4.69) is 10.3 Å². The zero-order valence-electron chi connectivity index (χ0n) is 20.2. The highest BCUT2D eigenvalue weighted by atomic mass is 35.5. The minimum Gasteiger partial charge on any atom is -0.480 e. The normalized spacial score (nSPS) is 17.5. The molecule has 9 nitrogen and oxygen atoms in total. The van der Waals surface area contributed by atoms with Crippen LogP contribution in [0.3, 0.4) is 0 Å². The molecule has 1 saturated heterocycles. The number of hydrogen-bond acceptors (Lipinski definition) is 6. The van der Waals surface area contributed by atoms with E-state index in [9.17, 15) is 23.1 Å². The molecule has 1 N–H and O–H groups in total. The highest BCUT2D eigenvalue weighted by Gasteiger charge is 2.42. The third-order valence-electron chi connectivity index (χ3n) is 6.69. The lowest BCUT2D eigenvalue weighted by Gasteiger charge is -2.29. The monoisotopic (exact) mass is 550 g/mol. The lowest BCUT2D eigenvalue weighted by Crippen LogP contribution is -2.41. The first-order valence-electron chi connectivity index (χ1n) is 11.8. The van der Waals surface area contributed by atoms with Crippen LogP contribution < -0.4 is 0 Å². The fourth-order valence-corrected chi connectivity index (χ4v) is 6.42. The Morgan fingerprint density at radius 3 is 2.26 bits per heavy atom. The second-order valence-electron chi connectivity index (χ2n) is 8.94. The Bertz CT molecular complexity index is 1620. The zero-order chi connectivity index (χ0) is 27.0. The number of rotatable bonds is 6. The van der Waals surface area contributed by atoms with E-state index in [0.717, 1.165) is 0 Å². The summed E-state index contributed by atoms with van der Waals surface area (Å²) in [5, 5.41) is 18.0. The van der Waals surface area contributed by atoms with Gasteiger partial charge in [0.15, 0.2) is 0 Å². The van der Waals surface area contributed by atoms with Gasteiger partial charge in [0.25, 0.3) is 5.91 Å². The van der Waals surface area contributed by atoms with Gasteiger partial charge in [-0.25, -0.2) is 17.9 Å². The molecular weight excluding hydrogens is 528 g/mol. The summed E-state index contributed by atoms with van der Waals surface area (Å²) in [6, 6.07) is 20.0. The van der Waals surface area contributed by atoms with Gasteiger partial charge in [-0.05, 0) is 67.8 Å². The van der Waals surface area contributed by atoms with Crippen LogP contribution in [0.2, 0.25) is 5.02 Å². The lowest BCUT2D eigenvalue weighted by molar-refractivity contribution is -0.141. The summed E-state index contributed by atoms with van der Waals surface area (Å²) in [7, 11) is -3.86. The van der Waals surface area contributed by atoms with Crippen molar-refractivity contribution >= 4 is 33.3 Å². The molecule has 3 aromatic carbocycles. The number of hydrogen-bond donors (Lipinski definition) is 1. The van der Waals surface area contributed by atoms with E-state index in [-0.39, 0.29) is 15.5 Å². The summed E-state index contributed by atoms with van der Waals surface area (Å²) in [5.74, 6) is -1.51. The minimum atomic E-state index is -3.86. The fourth-order valence-electron chi connectivity index (χ4n) is 4.80. The maximum atomic E-state index is 13.6. The van der Waals surface area contributed by atoms with Crippen LogP contribution in [0.5, 0.6) is 0 Å². The van der Waals surface area contributed by atoms with Gasteiger partial charge < -0.3 is 10.0 Å². The number of carbonyl (C=O) groups is 2. The lowest BCUT2D eigenvalue weighted by atomic mass is 10.0. The van der Waals surface area contributed by atoms with Gasteiger partial charge in [0.2, 0.25) is 14.9 Å². The molecule has 0 bridgehead atoms. The molecule has 0 unspecified atom stereocenters. The SMILES string of the molecule is Cc1c(S(=O)(=O)c2ccccc2)nnn1-c1ccc(C(=O)N2[C@@H](c3ccccc3Cl)CC[C@H]2C(=O)O)cc1. The molecule has 1 aliphatic rings. The molecule has 2 atom stereocenters. The highest BCUT2D eigenvalue weighted by Crippen LogP contribution is 2.40. The number of nitrogens with zero attached hydrogens (tertiary/aromatic N) is 4. The summed E-state index contributed by atoms with van der Waals surface area (Å²) in [6.07, 6.45) is 0.785. The number of halogens is 1. The Morgan fingerprint density at radius 2 is 1.61 bits per heavy atom. The van der Waals surface area contributed by atoms with Crippen molar-refractivity contribution in [3.8, 4) is 5.69 Å². The Hall–Kier alpha value is -4.02. The highest BCUT2D eigenvalue weighted by molar-refractivity contribution is 7.91. The van der Waals surface area contributed by atoms with Gasteiger partial charge in [0.1, 0.15) is 6.04 Å². The molecule has 38 heavy (non-hydrogen) atoms. The molecule has 5 rings (SSSR count). The smallest absolute Gasteiger partial charge is 0.326 e. The van der Waals surface area contributed by atoms with Gasteiger partial charge in [-0.3, -0.25) is 4.79 Å². The number of aliphatic carboxylic acids is 1. The molecule has 194 valence electrons. The molecule has 11 heteroatoms. The summed E-state index contributed by atoms with van der Waals surface area (Å²) >= 11 is 6.38. The van der Waals surface area contributed by atoms with Crippen LogP contribution in [-0.2, 0) is 14.6 Å². The van der Waals surface area contributed by atoms with Crippen molar-refractivity contribution in [3.05, 3.63) is 101 Å². The Balaban J connectivity index is 1.45. The van der Waals surface area contributed by atoms with Gasteiger partial charge >= 0.3 is 5.97 Å². The maximum Gasteiger partial charge on any atom is 0.326 e. The summed E-state index contributed by atoms with van der Waals surface area (Å²) in [6.45, 7) is 1.60. The largest absolute Gasteiger partial charge is 0.480 e. The van der Waals surface area contributed by atoms with Crippen molar-refractivity contribution in [1.29, 1.82) is 0 Å². The number of carbonyl (C=O) groups excluding carboxylic acids is 1. The molecule has 0 aliphatic carbocycles. The van der Waals surface area contributed by atoms with Crippen molar-refractivity contribution in [2.75, 3.05) is 0 Å². The van der Waals surface area contributed by atoms with E-state index in [1.807, 2.05) is 0 Å². The van der Waals surface area contributed by atoms with Gasteiger partial charge in [0, 0.05) is 10.6 Å². The van der Waals surface area contributed by atoms with Crippen LogP contribution in [-0.4, -0.2) is 51.3 Å². The molecule has 1 aliphatic heterocycles. The Morgan fingerprint density at radius 1 is 0.947 bits per heavy atom. The number of sulfone groups is 1. The number of carboxylic acids is 1. The average molecular weight is 551 g/mol. The van der Waals surface area contributed by atoms with Gasteiger partial charge in [-0.2, -0.15) is 0 Å². The van der Waals surface area contributed by atoms with E-state index in [4.69, 9.17) is 11.6 Å². The van der Waals surface area contributed by atoms with E-state index in [1.165, 1.54) is 21.7 Å². The second kappa shape index (κ2) is 10.0. The molecule has 0 saturated carbocycles. The van der Waals surface area contributed by atoms with Gasteiger partial charge in [0.05, 0.1) is 22.3 Å². The van der Waals surface area contributed by atoms with Crippen molar-refractivity contribution < 1.29 is 23.1 Å². The zero-order valence-corrected chi connectivity index (χ0v) is 21.8. The topological polar surface area (TPSA) is 122 Å². The first-order valence-corrected chi connectivity index (χ1v) is 13.7. The first kappa shape index (κ1) is 25.6. The molecule has 1 fully saturated rings. The van der Waals surface area contributed by atoms with Crippen molar-refractivity contribution in [1.82, 2.24) is 19.9 Å². The first-order chi connectivity index (χ1) is 18.2. The standard InChI is InChI=1S/C27H23ClN4O5S/c1-17-25(38(36,37)20-7-3-2-4-8-20)29-30-32(17)19-13-11-18(12-14-19)26(33)31-23(15-16-24(31)27(34)35)21-9-5-6-10-22(21)28/h2-14,23-24H,15-16H2,1H3,(H,34,35)/t23-,24+/m1/s1. The Labute approximate surface area is 224 Å². The molecule has 4 aromatic rings. The van der Waals surface area contributed by atoms with E-state index < -0.39 is 33.8 Å². The molecule has 1 aromatic heterocycles. The van der Waals surface area contributed by atoms with Crippen LogP contribution in [0.4, 0.5) is 0 Å². The third-order valence-corrected chi connectivity index (χ3v) is 8.81. The number of carboxylic acid groups (broad SMARTS) is 1. The van der Waals surface area contributed by atoms with Crippen LogP contribution >= 0.6 is 11.6 Å². The predicted molar refractivity (Wildman–Crippen MR) is 139 cm³/mol. The number of likely N-dealkylation sites (tertiary alicyclic amines) is 1.